The van der Waals surface area contributed by atoms with Crippen molar-refractivity contribution in [2.45, 2.75) is 38.4 Å². The number of anilines is 1. The van der Waals surface area contributed by atoms with Crippen molar-refractivity contribution in [2.75, 3.05) is 18.5 Å². The van der Waals surface area contributed by atoms with E-state index in [2.05, 4.69) is 0 Å². The van der Waals surface area contributed by atoms with Gasteiger partial charge in [-0.1, -0.05) is 18.9 Å². The molecule has 112 valence electrons. The zero-order chi connectivity index (χ0) is 14.8. The largest absolute Gasteiger partial charge is 0.416 e. The zero-order valence-electron chi connectivity index (χ0n) is 11.7. The third-order valence-corrected chi connectivity index (χ3v) is 4.07. The molecule has 0 spiro atoms. The highest BCUT2D eigenvalue weighted by Crippen LogP contribution is 2.35. The molecule has 0 radical (unpaired) electrons. The number of alkyl halides is 3. The maximum atomic E-state index is 13.0. The van der Waals surface area contributed by atoms with E-state index in [9.17, 15) is 13.2 Å². The highest BCUT2D eigenvalue weighted by Gasteiger charge is 2.33. The number of nitrogens with two attached hydrogens (primary N) is 1. The van der Waals surface area contributed by atoms with Crippen LogP contribution in [0.4, 0.5) is 18.9 Å². The summed E-state index contributed by atoms with van der Waals surface area (Å²) in [7, 11) is 1.86. The minimum Gasteiger partial charge on any atom is -0.374 e. The minimum absolute atomic E-state index is 0.0958. The first-order valence-corrected chi connectivity index (χ1v) is 7.03. The summed E-state index contributed by atoms with van der Waals surface area (Å²) in [5.41, 5.74) is 5.54. The first-order chi connectivity index (χ1) is 9.41. The summed E-state index contributed by atoms with van der Waals surface area (Å²) in [6.45, 7) is 0.723. The van der Waals surface area contributed by atoms with Crippen LogP contribution in [0.15, 0.2) is 18.2 Å². The average Bonchev–Trinajstić information content (AvgIpc) is 2.89. The van der Waals surface area contributed by atoms with E-state index in [4.69, 9.17) is 5.73 Å². The summed E-state index contributed by atoms with van der Waals surface area (Å²) in [6.07, 6.45) is 0.477. The Hall–Kier alpha value is -1.23. The van der Waals surface area contributed by atoms with Crippen molar-refractivity contribution >= 4 is 5.69 Å². The Morgan fingerprint density at radius 3 is 2.45 bits per heavy atom. The molecule has 5 heteroatoms. The molecular weight excluding hydrogens is 265 g/mol. The summed E-state index contributed by atoms with van der Waals surface area (Å²) in [6, 6.07) is 4.44. The van der Waals surface area contributed by atoms with Gasteiger partial charge in [-0.15, -0.1) is 0 Å². The molecule has 20 heavy (non-hydrogen) atoms. The highest BCUT2D eigenvalue weighted by atomic mass is 19.4. The van der Waals surface area contributed by atoms with Crippen LogP contribution in [-0.2, 0) is 12.7 Å². The summed E-state index contributed by atoms with van der Waals surface area (Å²) in [4.78, 5) is 1.92. The Morgan fingerprint density at radius 2 is 1.90 bits per heavy atom. The number of nitrogens with zero attached hydrogens (tertiary/aromatic N) is 1. The molecule has 1 fully saturated rings. The zero-order valence-corrected chi connectivity index (χ0v) is 11.7. The molecule has 2 nitrogen and oxygen atoms in total. The summed E-state index contributed by atoms with van der Waals surface area (Å²) >= 11 is 0. The lowest BCUT2D eigenvalue weighted by Crippen LogP contribution is -2.24. The van der Waals surface area contributed by atoms with Crippen molar-refractivity contribution in [1.82, 2.24) is 0 Å². The van der Waals surface area contributed by atoms with E-state index in [0.717, 1.165) is 6.54 Å². The van der Waals surface area contributed by atoms with Gasteiger partial charge in [-0.25, -0.2) is 0 Å². The maximum absolute atomic E-state index is 13.0. The van der Waals surface area contributed by atoms with E-state index in [1.807, 2.05) is 11.9 Å². The van der Waals surface area contributed by atoms with Crippen molar-refractivity contribution in [2.24, 2.45) is 11.7 Å². The molecule has 2 N–H and O–H groups in total. The van der Waals surface area contributed by atoms with Crippen LogP contribution in [0, 0.1) is 5.92 Å². The fraction of sp³-hybridized carbons (Fsp3) is 0.600. The first kappa shape index (κ1) is 15.2. The van der Waals surface area contributed by atoms with Gasteiger partial charge in [-0.3, -0.25) is 0 Å². The van der Waals surface area contributed by atoms with Crippen LogP contribution in [-0.4, -0.2) is 13.6 Å². The molecule has 1 aromatic carbocycles. The molecule has 0 amide bonds. The van der Waals surface area contributed by atoms with Gasteiger partial charge in [-0.2, -0.15) is 13.2 Å². The molecule has 0 atom stereocenters. The Bertz CT molecular complexity index is 451. The number of benzene rings is 1. The second-order valence-electron chi connectivity index (χ2n) is 5.57. The lowest BCUT2D eigenvalue weighted by molar-refractivity contribution is -0.138. The number of hydrogen-bond donors (Lipinski definition) is 1. The monoisotopic (exact) mass is 286 g/mol. The van der Waals surface area contributed by atoms with E-state index in [0.29, 0.717) is 11.6 Å². The second kappa shape index (κ2) is 6.04. The molecule has 2 rings (SSSR count). The van der Waals surface area contributed by atoms with Crippen LogP contribution in [0.2, 0.25) is 0 Å². The Morgan fingerprint density at radius 1 is 1.25 bits per heavy atom. The smallest absolute Gasteiger partial charge is 0.374 e. The predicted molar refractivity (Wildman–Crippen MR) is 74.6 cm³/mol. The standard InChI is InChI=1S/C15H21F3N2/c1-20(10-11-4-2-3-5-11)13-7-6-12(9-19)14(8-13)15(16,17)18/h6-8,11H,2-5,9-10,19H2,1H3. The molecular formula is C15H21F3N2. The fourth-order valence-corrected chi connectivity index (χ4v) is 2.93. The van der Waals surface area contributed by atoms with E-state index >= 15 is 0 Å². The van der Waals surface area contributed by atoms with Crippen LogP contribution >= 0.6 is 0 Å². The Labute approximate surface area is 117 Å². The molecule has 0 aromatic heterocycles. The van der Waals surface area contributed by atoms with Crippen molar-refractivity contribution in [3.05, 3.63) is 29.3 Å². The topological polar surface area (TPSA) is 29.3 Å². The molecule has 1 saturated carbocycles. The van der Waals surface area contributed by atoms with Crippen LogP contribution in [0.3, 0.4) is 0 Å². The van der Waals surface area contributed by atoms with Gasteiger partial charge in [0.2, 0.25) is 0 Å². The van der Waals surface area contributed by atoms with Crippen molar-refractivity contribution < 1.29 is 13.2 Å². The Balaban J connectivity index is 2.19. The second-order valence-corrected chi connectivity index (χ2v) is 5.57. The van der Waals surface area contributed by atoms with E-state index in [-0.39, 0.29) is 12.1 Å². The fourth-order valence-electron chi connectivity index (χ4n) is 2.93. The van der Waals surface area contributed by atoms with E-state index in [1.54, 1.807) is 6.07 Å². The average molecular weight is 286 g/mol. The van der Waals surface area contributed by atoms with Gasteiger partial charge in [0.05, 0.1) is 5.56 Å². The molecule has 1 aliphatic rings. The molecule has 1 aliphatic carbocycles. The van der Waals surface area contributed by atoms with Crippen molar-refractivity contribution in [3.63, 3.8) is 0 Å². The molecule has 0 bridgehead atoms. The molecule has 0 heterocycles. The first-order valence-electron chi connectivity index (χ1n) is 7.03. The molecule has 0 saturated heterocycles. The van der Waals surface area contributed by atoms with Gasteiger partial charge in [0.1, 0.15) is 0 Å². The quantitative estimate of drug-likeness (QED) is 0.912. The lowest BCUT2D eigenvalue weighted by Gasteiger charge is -2.24. The number of halogens is 3. The molecule has 0 aliphatic heterocycles. The maximum Gasteiger partial charge on any atom is 0.416 e. The van der Waals surface area contributed by atoms with Gasteiger partial charge in [0.15, 0.2) is 0 Å². The van der Waals surface area contributed by atoms with Crippen LogP contribution < -0.4 is 10.6 Å². The minimum atomic E-state index is -4.35. The van der Waals surface area contributed by atoms with Gasteiger partial charge in [-0.05, 0) is 36.5 Å². The van der Waals surface area contributed by atoms with Crippen LogP contribution in [0.5, 0.6) is 0 Å². The summed E-state index contributed by atoms with van der Waals surface area (Å²) in [5, 5.41) is 0. The van der Waals surface area contributed by atoms with Gasteiger partial charge in [0.25, 0.3) is 0 Å². The third-order valence-electron chi connectivity index (χ3n) is 4.07. The summed E-state index contributed by atoms with van der Waals surface area (Å²) < 4.78 is 39.0. The van der Waals surface area contributed by atoms with Crippen molar-refractivity contribution in [3.8, 4) is 0 Å². The normalized spacial score (nSPS) is 16.6. The van der Waals surface area contributed by atoms with Gasteiger partial charge < -0.3 is 10.6 Å². The summed E-state index contributed by atoms with van der Waals surface area (Å²) in [5.74, 6) is 0.600. The van der Waals surface area contributed by atoms with E-state index in [1.165, 1.54) is 37.8 Å². The van der Waals surface area contributed by atoms with Crippen molar-refractivity contribution in [1.29, 1.82) is 0 Å². The SMILES string of the molecule is CN(CC1CCCC1)c1ccc(CN)c(C(F)(F)F)c1. The highest BCUT2D eigenvalue weighted by molar-refractivity contribution is 5.51. The number of rotatable bonds is 4. The third kappa shape index (κ3) is 3.45. The van der Waals surface area contributed by atoms with Gasteiger partial charge >= 0.3 is 6.18 Å². The number of hydrogen-bond acceptors (Lipinski definition) is 2. The molecule has 1 aromatic rings. The Kier molecular flexibility index (Phi) is 4.58. The molecule has 0 unspecified atom stereocenters. The van der Waals surface area contributed by atoms with Gasteiger partial charge in [0, 0.05) is 25.8 Å². The lowest BCUT2D eigenvalue weighted by atomic mass is 10.0. The van der Waals surface area contributed by atoms with E-state index < -0.39 is 11.7 Å². The van der Waals surface area contributed by atoms with Crippen LogP contribution in [0.1, 0.15) is 36.8 Å². The predicted octanol–water partition coefficient (Wildman–Crippen LogP) is 3.79. The van der Waals surface area contributed by atoms with Crippen LogP contribution in [0.25, 0.3) is 0 Å².